The van der Waals surface area contributed by atoms with E-state index in [1.807, 2.05) is 19.1 Å². The van der Waals surface area contributed by atoms with Gasteiger partial charge in [-0.15, -0.1) is 0 Å². The third-order valence-electron chi connectivity index (χ3n) is 3.36. The number of aryl methyl sites for hydroxylation is 1. The molecule has 0 heterocycles. The second-order valence-corrected chi connectivity index (χ2v) is 8.22. The monoisotopic (exact) mass is 375 g/mol. The molecule has 0 unspecified atom stereocenters. The summed E-state index contributed by atoms with van der Waals surface area (Å²) in [4.78, 5) is 0. The van der Waals surface area contributed by atoms with Crippen molar-refractivity contribution in [2.75, 3.05) is 24.9 Å². The number of hydrogen-bond acceptors (Lipinski definition) is 3. The predicted octanol–water partition coefficient (Wildman–Crippen LogP) is 2.49. The molecule has 21 heavy (non-hydrogen) atoms. The van der Waals surface area contributed by atoms with Crippen LogP contribution in [-0.2, 0) is 10.2 Å². The predicted molar refractivity (Wildman–Crippen MR) is 89.7 cm³/mol. The van der Waals surface area contributed by atoms with Crippen LogP contribution in [0.3, 0.4) is 0 Å². The summed E-state index contributed by atoms with van der Waals surface area (Å²) in [6.07, 6.45) is 3.31. The Bertz CT molecular complexity index is 568. The average Bonchev–Trinajstić information content (AvgIpc) is 3.16. The molecule has 7 heteroatoms. The number of hydrogen-bond donors (Lipinski definition) is 2. The lowest BCUT2D eigenvalue weighted by atomic mass is 10.2. The zero-order valence-electron chi connectivity index (χ0n) is 12.4. The lowest BCUT2D eigenvalue weighted by Crippen LogP contribution is -2.34. The number of nitrogens with zero attached hydrogens (tertiary/aromatic N) is 1. The Morgan fingerprint density at radius 1 is 1.33 bits per heavy atom. The van der Waals surface area contributed by atoms with Crippen LogP contribution in [0, 0.1) is 6.92 Å². The van der Waals surface area contributed by atoms with Crippen molar-refractivity contribution < 1.29 is 8.42 Å². The third-order valence-corrected chi connectivity index (χ3v) is 5.31. The van der Waals surface area contributed by atoms with Crippen LogP contribution in [0.5, 0.6) is 0 Å². The number of anilines is 1. The normalized spacial score (nSPS) is 15.4. The zero-order valence-corrected chi connectivity index (χ0v) is 14.8. The summed E-state index contributed by atoms with van der Waals surface area (Å²) in [7, 11) is -1.90. The highest BCUT2D eigenvalue weighted by Gasteiger charge is 2.21. The van der Waals surface area contributed by atoms with E-state index in [1.165, 1.54) is 17.1 Å². The molecule has 1 aromatic carbocycles. The Morgan fingerprint density at radius 2 is 2.05 bits per heavy atom. The van der Waals surface area contributed by atoms with Crippen molar-refractivity contribution in [3.8, 4) is 0 Å². The van der Waals surface area contributed by atoms with Gasteiger partial charge in [-0.3, -0.25) is 4.72 Å². The van der Waals surface area contributed by atoms with Gasteiger partial charge in [0.2, 0.25) is 0 Å². The van der Waals surface area contributed by atoms with Gasteiger partial charge in [0.15, 0.2) is 0 Å². The van der Waals surface area contributed by atoms with Crippen molar-refractivity contribution in [1.29, 1.82) is 0 Å². The first-order chi connectivity index (χ1) is 9.87. The molecule has 5 nitrogen and oxygen atoms in total. The van der Waals surface area contributed by atoms with E-state index in [0.29, 0.717) is 18.3 Å². The van der Waals surface area contributed by atoms with Crippen molar-refractivity contribution in [3.63, 3.8) is 0 Å². The lowest BCUT2D eigenvalue weighted by molar-refractivity contribution is 0.458. The van der Waals surface area contributed by atoms with Crippen molar-refractivity contribution in [2.24, 2.45) is 0 Å². The van der Waals surface area contributed by atoms with Gasteiger partial charge >= 0.3 is 10.2 Å². The van der Waals surface area contributed by atoms with Crippen LogP contribution in [-0.4, -0.2) is 38.9 Å². The van der Waals surface area contributed by atoms with E-state index >= 15 is 0 Å². The molecule has 1 saturated carbocycles. The number of nitrogens with one attached hydrogen (secondary N) is 2. The average molecular weight is 376 g/mol. The number of rotatable bonds is 8. The summed E-state index contributed by atoms with van der Waals surface area (Å²) in [6.45, 7) is 3.29. The summed E-state index contributed by atoms with van der Waals surface area (Å²) in [5, 5.41) is 3.38. The van der Waals surface area contributed by atoms with Crippen LogP contribution in [0.2, 0.25) is 0 Å². The van der Waals surface area contributed by atoms with Gasteiger partial charge in [0.05, 0.1) is 5.69 Å². The molecule has 0 spiro atoms. The Hall–Kier alpha value is -0.630. The van der Waals surface area contributed by atoms with Crippen LogP contribution >= 0.6 is 15.9 Å². The fraction of sp³-hybridized carbons (Fsp3) is 0.571. The lowest BCUT2D eigenvalue weighted by Gasteiger charge is -2.18. The summed E-state index contributed by atoms with van der Waals surface area (Å²) < 4.78 is 29.3. The minimum atomic E-state index is -3.50. The van der Waals surface area contributed by atoms with Crippen LogP contribution in [0.25, 0.3) is 0 Å². The first-order valence-corrected chi connectivity index (χ1v) is 9.35. The van der Waals surface area contributed by atoms with Crippen LogP contribution < -0.4 is 10.0 Å². The quantitative estimate of drug-likeness (QED) is 0.686. The molecular weight excluding hydrogens is 354 g/mol. The maximum atomic E-state index is 12.2. The molecule has 118 valence electrons. The van der Waals surface area contributed by atoms with Gasteiger partial charge in [-0.25, -0.2) is 0 Å². The van der Waals surface area contributed by atoms with E-state index < -0.39 is 10.2 Å². The summed E-state index contributed by atoms with van der Waals surface area (Å²) in [6, 6.07) is 6.16. The van der Waals surface area contributed by atoms with Gasteiger partial charge in [0.25, 0.3) is 0 Å². The van der Waals surface area contributed by atoms with Crippen LogP contribution in [0.1, 0.15) is 24.8 Å². The van der Waals surface area contributed by atoms with Crippen LogP contribution in [0.15, 0.2) is 22.7 Å². The highest BCUT2D eigenvalue weighted by atomic mass is 79.9. The topological polar surface area (TPSA) is 61.4 Å². The maximum absolute atomic E-state index is 12.2. The highest BCUT2D eigenvalue weighted by molar-refractivity contribution is 9.10. The van der Waals surface area contributed by atoms with Crippen molar-refractivity contribution in [2.45, 2.75) is 32.2 Å². The van der Waals surface area contributed by atoms with E-state index in [4.69, 9.17) is 0 Å². The molecule has 2 rings (SSSR count). The largest absolute Gasteiger partial charge is 0.314 e. The van der Waals surface area contributed by atoms with Crippen molar-refractivity contribution >= 4 is 31.8 Å². The molecule has 1 aliphatic carbocycles. The Kier molecular flexibility index (Phi) is 5.65. The fourth-order valence-corrected chi connectivity index (χ4v) is 3.59. The molecule has 0 aromatic heterocycles. The van der Waals surface area contributed by atoms with E-state index in [1.54, 1.807) is 13.1 Å². The summed E-state index contributed by atoms with van der Waals surface area (Å²) in [5.74, 6) is 0. The van der Waals surface area contributed by atoms with Gasteiger partial charge < -0.3 is 5.32 Å². The molecule has 0 radical (unpaired) electrons. The van der Waals surface area contributed by atoms with Crippen molar-refractivity contribution in [3.05, 3.63) is 28.2 Å². The van der Waals surface area contributed by atoms with Gasteiger partial charge in [-0.2, -0.15) is 12.7 Å². The van der Waals surface area contributed by atoms with Gasteiger partial charge in [0, 0.05) is 24.1 Å². The smallest absolute Gasteiger partial charge is 0.301 e. The van der Waals surface area contributed by atoms with Gasteiger partial charge in [0.1, 0.15) is 0 Å². The first kappa shape index (κ1) is 16.7. The Labute approximate surface area is 135 Å². The van der Waals surface area contributed by atoms with E-state index in [2.05, 4.69) is 26.0 Å². The molecular formula is C14H22BrN3O2S. The van der Waals surface area contributed by atoms with E-state index in [9.17, 15) is 8.42 Å². The molecule has 1 fully saturated rings. The first-order valence-electron chi connectivity index (χ1n) is 7.11. The molecule has 0 bridgehead atoms. The Morgan fingerprint density at radius 3 is 2.67 bits per heavy atom. The summed E-state index contributed by atoms with van der Waals surface area (Å²) in [5.41, 5.74) is 1.57. The standard InChI is InChI=1S/C14H22BrN3O2S/c1-11-8-12(15)10-14(9-11)17-21(19,20)18(2)7-3-6-16-13-4-5-13/h8-10,13,16-17H,3-7H2,1-2H3. The Balaban J connectivity index is 1.86. The molecule has 1 aliphatic rings. The molecule has 0 saturated heterocycles. The number of halogens is 1. The number of benzene rings is 1. The summed E-state index contributed by atoms with van der Waals surface area (Å²) >= 11 is 3.37. The SMILES string of the molecule is Cc1cc(Br)cc(NS(=O)(=O)N(C)CCCNC2CC2)c1. The van der Waals surface area contributed by atoms with E-state index in [0.717, 1.165) is 23.0 Å². The molecule has 0 aliphatic heterocycles. The molecule has 0 amide bonds. The fourth-order valence-electron chi connectivity index (χ4n) is 2.04. The minimum absolute atomic E-state index is 0.502. The maximum Gasteiger partial charge on any atom is 0.301 e. The van der Waals surface area contributed by atoms with Crippen LogP contribution in [0.4, 0.5) is 5.69 Å². The second kappa shape index (κ2) is 7.09. The molecule has 1 aromatic rings. The molecule has 0 atom stereocenters. The van der Waals surface area contributed by atoms with Gasteiger partial charge in [-0.05, 0) is 56.5 Å². The highest BCUT2D eigenvalue weighted by Crippen LogP contribution is 2.21. The third kappa shape index (κ3) is 5.58. The van der Waals surface area contributed by atoms with Crippen molar-refractivity contribution in [1.82, 2.24) is 9.62 Å². The minimum Gasteiger partial charge on any atom is -0.314 e. The molecule has 2 N–H and O–H groups in total. The van der Waals surface area contributed by atoms with E-state index in [-0.39, 0.29) is 0 Å². The second-order valence-electron chi connectivity index (χ2n) is 5.53. The zero-order chi connectivity index (χ0) is 15.5. The van der Waals surface area contributed by atoms with Gasteiger partial charge in [-0.1, -0.05) is 15.9 Å².